The van der Waals surface area contributed by atoms with Gasteiger partial charge in [0, 0.05) is 17.1 Å². The summed E-state index contributed by atoms with van der Waals surface area (Å²) in [4.78, 5) is 12.8. The monoisotopic (exact) mass is 356 g/mol. The molecule has 0 unspecified atom stereocenters. The van der Waals surface area contributed by atoms with Gasteiger partial charge in [-0.2, -0.15) is 0 Å². The van der Waals surface area contributed by atoms with Gasteiger partial charge in [0.05, 0.1) is 11.7 Å². The van der Waals surface area contributed by atoms with Crippen molar-refractivity contribution in [2.45, 2.75) is 49.6 Å². The maximum absolute atomic E-state index is 12.8. The molecule has 7 heteroatoms. The lowest BCUT2D eigenvalue weighted by atomic mass is 9.63. The van der Waals surface area contributed by atoms with Gasteiger partial charge in [-0.1, -0.05) is 36.2 Å². The second-order valence-electron chi connectivity index (χ2n) is 6.64. The predicted molar refractivity (Wildman–Crippen MR) is 89.9 cm³/mol. The second kappa shape index (κ2) is 6.07. The molecule has 5 nitrogen and oxygen atoms in total. The highest BCUT2D eigenvalue weighted by Gasteiger charge is 2.48. The SMILES string of the molecule is CS(=O)(=O)NC1CC(NC(=O)C2(c3ccccc3Cl)CCC2)C1. The van der Waals surface area contributed by atoms with Crippen molar-refractivity contribution in [3.8, 4) is 0 Å². The molecule has 0 heterocycles. The largest absolute Gasteiger partial charge is 0.352 e. The number of rotatable bonds is 5. The molecular weight excluding hydrogens is 336 g/mol. The predicted octanol–water partition coefficient (Wildman–Crippen LogP) is 1.96. The van der Waals surface area contributed by atoms with Gasteiger partial charge in [-0.05, 0) is 37.3 Å². The van der Waals surface area contributed by atoms with E-state index in [1.54, 1.807) is 0 Å². The Morgan fingerprint density at radius 1 is 1.22 bits per heavy atom. The zero-order valence-electron chi connectivity index (χ0n) is 13.0. The molecular formula is C16H21ClN2O3S. The molecule has 1 aromatic rings. The first kappa shape index (κ1) is 16.7. The lowest BCUT2D eigenvalue weighted by Crippen LogP contribution is -2.58. The van der Waals surface area contributed by atoms with Gasteiger partial charge < -0.3 is 5.32 Å². The van der Waals surface area contributed by atoms with E-state index < -0.39 is 15.4 Å². The van der Waals surface area contributed by atoms with Crippen LogP contribution in [0.2, 0.25) is 5.02 Å². The Morgan fingerprint density at radius 2 is 1.87 bits per heavy atom. The Hall–Kier alpha value is -1.11. The third kappa shape index (κ3) is 3.39. The van der Waals surface area contributed by atoms with Crippen molar-refractivity contribution in [1.29, 1.82) is 0 Å². The van der Waals surface area contributed by atoms with Gasteiger partial charge >= 0.3 is 0 Å². The molecule has 1 amide bonds. The normalized spacial score (nSPS) is 26.0. The average molecular weight is 357 g/mol. The number of sulfonamides is 1. The van der Waals surface area contributed by atoms with Crippen molar-refractivity contribution in [2.24, 2.45) is 0 Å². The standard InChI is InChI=1S/C16H21ClN2O3S/c1-23(21,22)19-12-9-11(10-12)18-15(20)16(7-4-8-16)13-5-2-3-6-14(13)17/h2-3,5-6,11-12,19H,4,7-10H2,1H3,(H,18,20). The minimum absolute atomic E-state index is 0.0136. The number of nitrogens with one attached hydrogen (secondary N) is 2. The molecule has 2 aliphatic carbocycles. The number of hydrogen-bond donors (Lipinski definition) is 2. The molecule has 2 fully saturated rings. The highest BCUT2D eigenvalue weighted by molar-refractivity contribution is 7.88. The summed E-state index contributed by atoms with van der Waals surface area (Å²) >= 11 is 6.29. The Balaban J connectivity index is 1.63. The van der Waals surface area contributed by atoms with Crippen LogP contribution in [0, 0.1) is 0 Å². The van der Waals surface area contributed by atoms with E-state index in [1.165, 1.54) is 0 Å². The number of carbonyl (C=O) groups is 1. The summed E-state index contributed by atoms with van der Waals surface area (Å²) < 4.78 is 24.9. The molecule has 2 saturated carbocycles. The Bertz CT molecular complexity index is 710. The van der Waals surface area contributed by atoms with Crippen molar-refractivity contribution < 1.29 is 13.2 Å². The van der Waals surface area contributed by atoms with Crippen molar-refractivity contribution in [3.63, 3.8) is 0 Å². The molecule has 2 aliphatic rings. The molecule has 2 N–H and O–H groups in total. The van der Waals surface area contributed by atoms with Crippen LogP contribution in [0.4, 0.5) is 0 Å². The van der Waals surface area contributed by atoms with Crippen LogP contribution >= 0.6 is 11.6 Å². The minimum Gasteiger partial charge on any atom is -0.352 e. The van der Waals surface area contributed by atoms with E-state index in [0.717, 1.165) is 31.1 Å². The first-order valence-corrected chi connectivity index (χ1v) is 10.1. The van der Waals surface area contributed by atoms with Gasteiger partial charge in [0.2, 0.25) is 15.9 Å². The lowest BCUT2D eigenvalue weighted by Gasteiger charge is -2.44. The molecule has 0 saturated heterocycles. The molecule has 3 rings (SSSR count). The fraction of sp³-hybridized carbons (Fsp3) is 0.562. The molecule has 0 atom stereocenters. The van der Waals surface area contributed by atoms with Crippen molar-refractivity contribution in [1.82, 2.24) is 10.0 Å². The summed E-state index contributed by atoms with van der Waals surface area (Å²) in [6.45, 7) is 0. The van der Waals surface area contributed by atoms with Crippen LogP contribution in [-0.2, 0) is 20.2 Å². The van der Waals surface area contributed by atoms with Crippen LogP contribution in [0.5, 0.6) is 0 Å². The zero-order chi connectivity index (χ0) is 16.7. The number of amides is 1. The topological polar surface area (TPSA) is 75.3 Å². The Kier molecular flexibility index (Phi) is 4.42. The molecule has 23 heavy (non-hydrogen) atoms. The minimum atomic E-state index is -3.19. The quantitative estimate of drug-likeness (QED) is 0.846. The summed E-state index contributed by atoms with van der Waals surface area (Å²) in [5, 5.41) is 3.70. The second-order valence-corrected chi connectivity index (χ2v) is 8.83. The first-order valence-electron chi connectivity index (χ1n) is 7.83. The summed E-state index contributed by atoms with van der Waals surface area (Å²) in [6, 6.07) is 7.47. The van der Waals surface area contributed by atoms with E-state index in [1.807, 2.05) is 24.3 Å². The number of benzene rings is 1. The summed E-state index contributed by atoms with van der Waals surface area (Å²) in [5.74, 6) is 0.0136. The fourth-order valence-corrected chi connectivity index (χ4v) is 4.57. The van der Waals surface area contributed by atoms with Crippen molar-refractivity contribution in [3.05, 3.63) is 34.9 Å². The van der Waals surface area contributed by atoms with Gasteiger partial charge in [-0.3, -0.25) is 4.79 Å². The average Bonchev–Trinajstić information content (AvgIpc) is 2.35. The number of halogens is 1. The molecule has 0 spiro atoms. The van der Waals surface area contributed by atoms with E-state index in [-0.39, 0.29) is 18.0 Å². The summed E-state index contributed by atoms with van der Waals surface area (Å²) in [5.41, 5.74) is 0.379. The first-order chi connectivity index (χ1) is 10.8. The lowest BCUT2D eigenvalue weighted by molar-refractivity contribution is -0.131. The third-order valence-corrected chi connectivity index (χ3v) is 5.98. The van der Waals surface area contributed by atoms with Gasteiger partial charge in [0.1, 0.15) is 0 Å². The zero-order valence-corrected chi connectivity index (χ0v) is 14.6. The highest BCUT2D eigenvalue weighted by Crippen LogP contribution is 2.46. The van der Waals surface area contributed by atoms with Gasteiger partial charge in [-0.15, -0.1) is 0 Å². The molecule has 126 valence electrons. The van der Waals surface area contributed by atoms with Crippen molar-refractivity contribution in [2.75, 3.05) is 6.26 Å². The van der Waals surface area contributed by atoms with Gasteiger partial charge in [0.15, 0.2) is 0 Å². The summed E-state index contributed by atoms with van der Waals surface area (Å²) in [7, 11) is -3.19. The van der Waals surface area contributed by atoms with Gasteiger partial charge in [-0.25, -0.2) is 13.1 Å². The van der Waals surface area contributed by atoms with Crippen LogP contribution in [-0.4, -0.2) is 32.7 Å². The summed E-state index contributed by atoms with van der Waals surface area (Å²) in [6.07, 6.45) is 5.05. The maximum Gasteiger partial charge on any atom is 0.230 e. The van der Waals surface area contributed by atoms with E-state index in [0.29, 0.717) is 17.9 Å². The molecule has 0 radical (unpaired) electrons. The van der Waals surface area contributed by atoms with Crippen LogP contribution in [0.3, 0.4) is 0 Å². The van der Waals surface area contributed by atoms with E-state index in [4.69, 9.17) is 11.6 Å². The van der Waals surface area contributed by atoms with Crippen LogP contribution in [0.15, 0.2) is 24.3 Å². The Morgan fingerprint density at radius 3 is 2.39 bits per heavy atom. The van der Waals surface area contributed by atoms with Crippen LogP contribution in [0.1, 0.15) is 37.7 Å². The molecule has 1 aromatic carbocycles. The number of carbonyl (C=O) groups excluding carboxylic acids is 1. The van der Waals surface area contributed by atoms with Crippen LogP contribution in [0.25, 0.3) is 0 Å². The molecule has 0 aromatic heterocycles. The van der Waals surface area contributed by atoms with E-state index in [2.05, 4.69) is 10.0 Å². The third-order valence-electron chi connectivity index (χ3n) is 4.89. The Labute approximate surface area is 141 Å². The highest BCUT2D eigenvalue weighted by atomic mass is 35.5. The number of hydrogen-bond acceptors (Lipinski definition) is 3. The van der Waals surface area contributed by atoms with Crippen molar-refractivity contribution >= 4 is 27.5 Å². The van der Waals surface area contributed by atoms with Crippen LogP contribution < -0.4 is 10.0 Å². The molecule has 0 bridgehead atoms. The molecule has 0 aliphatic heterocycles. The van der Waals surface area contributed by atoms with Gasteiger partial charge in [0.25, 0.3) is 0 Å². The smallest absolute Gasteiger partial charge is 0.230 e. The maximum atomic E-state index is 12.8. The van der Waals surface area contributed by atoms with E-state index >= 15 is 0 Å². The fourth-order valence-electron chi connectivity index (χ4n) is 3.46. The van der Waals surface area contributed by atoms with E-state index in [9.17, 15) is 13.2 Å².